The predicted octanol–water partition coefficient (Wildman–Crippen LogP) is -2.42. The molecule has 4 N–H and O–H groups in total. The molecule has 0 aliphatic carbocycles. The Morgan fingerprint density at radius 3 is 2.50 bits per heavy atom. The number of nitrogens with one attached hydrogen (secondary N) is 1. The first-order valence-corrected chi connectivity index (χ1v) is 4.93. The molecule has 0 radical (unpaired) electrons. The third-order valence-corrected chi connectivity index (χ3v) is 2.48. The fourth-order valence-electron chi connectivity index (χ4n) is 1.67. The van der Waals surface area contributed by atoms with E-state index in [-0.39, 0.29) is 5.91 Å². The summed E-state index contributed by atoms with van der Waals surface area (Å²) in [6.07, 6.45) is -4.35. The molecular formula is C9H17NO6. The maximum Gasteiger partial charge on any atom is 0.217 e. The first kappa shape index (κ1) is 13.3. The highest BCUT2D eigenvalue weighted by molar-refractivity contribution is 5.73. The number of aliphatic hydroxyl groups is 3. The number of ether oxygens (including phenoxy) is 2. The number of methoxy groups -OCH3 is 1. The lowest BCUT2D eigenvalue weighted by atomic mass is 9.97. The molecule has 0 spiro atoms. The van der Waals surface area contributed by atoms with Crippen LogP contribution >= 0.6 is 0 Å². The van der Waals surface area contributed by atoms with Crippen molar-refractivity contribution in [2.24, 2.45) is 0 Å². The van der Waals surface area contributed by atoms with Crippen LogP contribution in [0.2, 0.25) is 0 Å². The third-order valence-electron chi connectivity index (χ3n) is 2.48. The van der Waals surface area contributed by atoms with Crippen molar-refractivity contribution in [2.75, 3.05) is 13.7 Å². The highest BCUT2D eigenvalue weighted by Gasteiger charge is 2.44. The summed E-state index contributed by atoms with van der Waals surface area (Å²) in [7, 11) is 1.35. The lowest BCUT2D eigenvalue weighted by molar-refractivity contribution is -0.262. The highest BCUT2D eigenvalue weighted by Crippen LogP contribution is 2.21. The molecule has 0 saturated carbocycles. The molecule has 0 bridgehead atoms. The van der Waals surface area contributed by atoms with E-state index in [0.29, 0.717) is 0 Å². The molecule has 1 saturated heterocycles. The summed E-state index contributed by atoms with van der Waals surface area (Å²) in [4.78, 5) is 10.9. The van der Waals surface area contributed by atoms with Gasteiger partial charge < -0.3 is 30.1 Å². The summed E-state index contributed by atoms with van der Waals surface area (Å²) in [5, 5.41) is 30.7. The second-order valence-electron chi connectivity index (χ2n) is 3.67. The molecule has 7 heteroatoms. The number of carbonyl (C=O) groups is 1. The van der Waals surface area contributed by atoms with Gasteiger partial charge >= 0.3 is 0 Å². The second-order valence-corrected chi connectivity index (χ2v) is 3.67. The summed E-state index contributed by atoms with van der Waals surface area (Å²) in [5.41, 5.74) is 0. The fraction of sp³-hybridized carbons (Fsp3) is 0.889. The minimum Gasteiger partial charge on any atom is -0.394 e. The molecule has 2 unspecified atom stereocenters. The van der Waals surface area contributed by atoms with Crippen molar-refractivity contribution in [1.29, 1.82) is 0 Å². The lowest BCUT2D eigenvalue weighted by Gasteiger charge is -2.41. The molecule has 0 aromatic rings. The summed E-state index contributed by atoms with van der Waals surface area (Å²) >= 11 is 0. The zero-order valence-electron chi connectivity index (χ0n) is 9.16. The Balaban J connectivity index is 2.77. The van der Waals surface area contributed by atoms with Crippen molar-refractivity contribution in [3.05, 3.63) is 0 Å². The molecule has 7 nitrogen and oxygen atoms in total. The molecule has 5 atom stereocenters. The van der Waals surface area contributed by atoms with E-state index in [1.165, 1.54) is 14.0 Å². The van der Waals surface area contributed by atoms with E-state index in [4.69, 9.17) is 14.6 Å². The van der Waals surface area contributed by atoms with Crippen molar-refractivity contribution in [2.45, 2.75) is 37.6 Å². The van der Waals surface area contributed by atoms with Crippen molar-refractivity contribution >= 4 is 5.91 Å². The smallest absolute Gasteiger partial charge is 0.217 e. The maximum absolute atomic E-state index is 10.9. The van der Waals surface area contributed by atoms with Crippen LogP contribution in [0.3, 0.4) is 0 Å². The van der Waals surface area contributed by atoms with Gasteiger partial charge in [0.15, 0.2) is 6.29 Å². The summed E-state index contributed by atoms with van der Waals surface area (Å²) in [5.74, 6) is -0.371. The van der Waals surface area contributed by atoms with Gasteiger partial charge in [0.1, 0.15) is 24.4 Å². The Kier molecular flexibility index (Phi) is 4.63. The SMILES string of the molecule is COC1OC(CO)[C@H](O)[C@H](O)[C@@H]1NC(C)=O. The minimum atomic E-state index is -1.27. The maximum atomic E-state index is 10.9. The van der Waals surface area contributed by atoms with Gasteiger partial charge in [0.2, 0.25) is 5.91 Å². The van der Waals surface area contributed by atoms with Crippen molar-refractivity contribution in [3.63, 3.8) is 0 Å². The van der Waals surface area contributed by atoms with Gasteiger partial charge in [-0.2, -0.15) is 0 Å². The number of amides is 1. The van der Waals surface area contributed by atoms with Crippen LogP contribution in [-0.4, -0.2) is 65.6 Å². The molecule has 1 amide bonds. The van der Waals surface area contributed by atoms with Crippen molar-refractivity contribution < 1.29 is 29.6 Å². The fourth-order valence-corrected chi connectivity index (χ4v) is 1.67. The summed E-state index contributed by atoms with van der Waals surface area (Å²) < 4.78 is 10.1. The molecule has 16 heavy (non-hydrogen) atoms. The predicted molar refractivity (Wildman–Crippen MR) is 52.4 cm³/mol. The van der Waals surface area contributed by atoms with Gasteiger partial charge in [-0.25, -0.2) is 0 Å². The molecule has 0 aromatic carbocycles. The van der Waals surface area contributed by atoms with Crippen LogP contribution in [0.25, 0.3) is 0 Å². The zero-order chi connectivity index (χ0) is 12.3. The van der Waals surface area contributed by atoms with Gasteiger partial charge in [-0.05, 0) is 0 Å². The Labute approximate surface area is 93.0 Å². The quantitative estimate of drug-likeness (QED) is 0.433. The van der Waals surface area contributed by atoms with E-state index in [9.17, 15) is 15.0 Å². The van der Waals surface area contributed by atoms with Crippen molar-refractivity contribution in [1.82, 2.24) is 5.32 Å². The van der Waals surface area contributed by atoms with Gasteiger partial charge in [-0.1, -0.05) is 0 Å². The third kappa shape index (κ3) is 2.69. The topological polar surface area (TPSA) is 108 Å². The Hall–Kier alpha value is -0.730. The van der Waals surface area contributed by atoms with Crippen LogP contribution < -0.4 is 5.32 Å². The van der Waals surface area contributed by atoms with Crippen LogP contribution in [0.15, 0.2) is 0 Å². The van der Waals surface area contributed by atoms with Gasteiger partial charge in [0, 0.05) is 14.0 Å². The van der Waals surface area contributed by atoms with E-state index in [0.717, 1.165) is 0 Å². The summed E-state index contributed by atoms with van der Waals surface area (Å²) in [6, 6.07) is -0.861. The van der Waals surface area contributed by atoms with Crippen LogP contribution in [0.5, 0.6) is 0 Å². The average molecular weight is 235 g/mol. The molecule has 0 aromatic heterocycles. The highest BCUT2D eigenvalue weighted by atomic mass is 16.7. The van der Waals surface area contributed by atoms with Crippen LogP contribution in [0.4, 0.5) is 0 Å². The number of hydrogen-bond acceptors (Lipinski definition) is 6. The van der Waals surface area contributed by atoms with E-state index in [1.807, 2.05) is 0 Å². The van der Waals surface area contributed by atoms with Crippen LogP contribution in [0.1, 0.15) is 6.92 Å². The lowest BCUT2D eigenvalue weighted by Crippen LogP contribution is -2.64. The van der Waals surface area contributed by atoms with E-state index in [1.54, 1.807) is 0 Å². The van der Waals surface area contributed by atoms with Gasteiger partial charge in [-0.3, -0.25) is 4.79 Å². The van der Waals surface area contributed by atoms with Gasteiger partial charge in [0.05, 0.1) is 6.61 Å². The van der Waals surface area contributed by atoms with Crippen molar-refractivity contribution in [3.8, 4) is 0 Å². The zero-order valence-corrected chi connectivity index (χ0v) is 9.16. The van der Waals surface area contributed by atoms with Crippen LogP contribution in [0, 0.1) is 0 Å². The van der Waals surface area contributed by atoms with Crippen LogP contribution in [-0.2, 0) is 14.3 Å². The van der Waals surface area contributed by atoms with E-state index in [2.05, 4.69) is 5.32 Å². The second kappa shape index (κ2) is 5.55. The molecular weight excluding hydrogens is 218 g/mol. The normalized spacial score (nSPS) is 39.4. The largest absolute Gasteiger partial charge is 0.394 e. The standard InChI is InChI=1S/C9H17NO6/c1-4(12)10-6-8(14)7(13)5(3-11)16-9(6)15-2/h5-9,11,13-14H,3H2,1-2H3,(H,10,12)/t5?,6-,7-,8+,9?/m0/s1. The van der Waals surface area contributed by atoms with Gasteiger partial charge in [-0.15, -0.1) is 0 Å². The number of aliphatic hydroxyl groups excluding tert-OH is 3. The number of rotatable bonds is 3. The van der Waals surface area contributed by atoms with Gasteiger partial charge in [0.25, 0.3) is 0 Å². The first-order chi connectivity index (χ1) is 7.51. The number of hydrogen-bond donors (Lipinski definition) is 4. The monoisotopic (exact) mass is 235 g/mol. The molecule has 1 fully saturated rings. The minimum absolute atomic E-state index is 0.371. The van der Waals surface area contributed by atoms with E-state index < -0.39 is 37.3 Å². The number of carbonyl (C=O) groups excluding carboxylic acids is 1. The Bertz CT molecular complexity index is 246. The molecule has 1 aliphatic rings. The molecule has 1 aliphatic heterocycles. The molecule has 1 heterocycles. The summed E-state index contributed by atoms with van der Waals surface area (Å²) in [6.45, 7) is 0.842. The Morgan fingerprint density at radius 2 is 2.06 bits per heavy atom. The molecule has 1 rings (SSSR count). The molecule has 94 valence electrons. The first-order valence-electron chi connectivity index (χ1n) is 4.93. The van der Waals surface area contributed by atoms with E-state index >= 15 is 0 Å². The average Bonchev–Trinajstić information content (AvgIpc) is 2.25. The Morgan fingerprint density at radius 1 is 1.44 bits per heavy atom.